The van der Waals surface area contributed by atoms with Crippen LogP contribution >= 0.6 is 15.9 Å². The Balaban J connectivity index is 1.79. The second-order valence-electron chi connectivity index (χ2n) is 4.67. The second-order valence-corrected chi connectivity index (χ2v) is 5.52. The van der Waals surface area contributed by atoms with Crippen molar-refractivity contribution >= 4 is 15.9 Å². The Morgan fingerprint density at radius 1 is 1.38 bits per heavy atom. The summed E-state index contributed by atoms with van der Waals surface area (Å²) in [5.41, 5.74) is 1.91. The van der Waals surface area contributed by atoms with Crippen LogP contribution in [0.5, 0.6) is 0 Å². The van der Waals surface area contributed by atoms with Gasteiger partial charge in [-0.2, -0.15) is 0 Å². The first-order valence-electron chi connectivity index (χ1n) is 6.67. The number of ether oxygens (including phenoxy) is 1. The van der Waals surface area contributed by atoms with Crippen molar-refractivity contribution in [2.75, 3.05) is 19.8 Å². The predicted octanol–water partition coefficient (Wildman–Crippen LogP) is 3.18. The minimum absolute atomic E-state index is 0.512. The molecular weight excluding hydrogens is 334 g/mol. The van der Waals surface area contributed by atoms with Gasteiger partial charge in [0.05, 0.1) is 25.3 Å². The van der Waals surface area contributed by atoms with Crippen LogP contribution in [-0.2, 0) is 11.3 Å². The predicted molar refractivity (Wildman–Crippen MR) is 84.8 cm³/mol. The molecule has 0 amide bonds. The summed E-state index contributed by atoms with van der Waals surface area (Å²) in [6.07, 6.45) is 0. The van der Waals surface area contributed by atoms with Gasteiger partial charge in [0.15, 0.2) is 0 Å². The number of aromatic nitrogens is 2. The molecule has 0 aliphatic carbocycles. The Kier molecular flexibility index (Phi) is 6.10. The minimum atomic E-state index is 0.512. The first-order valence-corrected chi connectivity index (χ1v) is 7.46. The largest absolute Gasteiger partial charge is 0.419 e. The van der Waals surface area contributed by atoms with Gasteiger partial charge >= 0.3 is 0 Å². The van der Waals surface area contributed by atoms with Gasteiger partial charge in [-0.15, -0.1) is 10.2 Å². The van der Waals surface area contributed by atoms with Crippen LogP contribution in [-0.4, -0.2) is 30.0 Å². The molecule has 0 fully saturated rings. The molecule has 1 aromatic heterocycles. The molecule has 1 N–H and O–H groups in total. The third kappa shape index (κ3) is 5.08. The molecule has 2 aromatic rings. The molecule has 0 aliphatic heterocycles. The molecule has 0 saturated carbocycles. The topological polar surface area (TPSA) is 60.2 Å². The van der Waals surface area contributed by atoms with Gasteiger partial charge in [0.25, 0.3) is 0 Å². The van der Waals surface area contributed by atoms with Crippen LogP contribution in [0.3, 0.4) is 0 Å². The summed E-state index contributed by atoms with van der Waals surface area (Å²) in [6.45, 7) is 8.17. The average Bonchev–Trinajstić information content (AvgIpc) is 2.91. The zero-order valence-electron chi connectivity index (χ0n) is 11.9. The number of nitrogens with one attached hydrogen (secondary N) is 1. The molecule has 2 rings (SSSR count). The number of nitrogens with zero attached hydrogens (tertiary/aromatic N) is 2. The lowest BCUT2D eigenvalue weighted by atomic mass is 10.2. The van der Waals surface area contributed by atoms with Crippen LogP contribution in [0.15, 0.2) is 45.3 Å². The van der Waals surface area contributed by atoms with E-state index < -0.39 is 0 Å². The van der Waals surface area contributed by atoms with Gasteiger partial charge in [-0.25, -0.2) is 0 Å². The number of hydrogen-bond acceptors (Lipinski definition) is 5. The molecule has 0 saturated heterocycles. The Labute approximate surface area is 132 Å². The molecule has 0 aliphatic rings. The van der Waals surface area contributed by atoms with E-state index in [0.717, 1.165) is 22.2 Å². The maximum absolute atomic E-state index is 5.63. The van der Waals surface area contributed by atoms with E-state index in [1.165, 1.54) is 0 Å². The smallest absolute Gasteiger partial charge is 0.248 e. The fourth-order valence-corrected chi connectivity index (χ4v) is 2.11. The van der Waals surface area contributed by atoms with Crippen molar-refractivity contribution in [1.82, 2.24) is 15.5 Å². The summed E-state index contributed by atoms with van der Waals surface area (Å²) < 4.78 is 11.9. The standard InChI is InChI=1S/C15H18BrN3O2/c1-11(2)10-20-8-7-17-9-14-18-19-15(21-14)12-5-3-4-6-13(12)16/h3-6,17H,1,7-10H2,2H3. The molecule has 5 nitrogen and oxygen atoms in total. The molecule has 6 heteroatoms. The Hall–Kier alpha value is -1.50. The van der Waals surface area contributed by atoms with Crippen LogP contribution in [0.4, 0.5) is 0 Å². The fraction of sp³-hybridized carbons (Fsp3) is 0.333. The van der Waals surface area contributed by atoms with Crippen molar-refractivity contribution in [3.8, 4) is 11.5 Å². The van der Waals surface area contributed by atoms with Gasteiger partial charge in [-0.05, 0) is 35.0 Å². The highest BCUT2D eigenvalue weighted by molar-refractivity contribution is 9.10. The van der Waals surface area contributed by atoms with Gasteiger partial charge in [-0.3, -0.25) is 0 Å². The molecule has 0 radical (unpaired) electrons. The van der Waals surface area contributed by atoms with Crippen LogP contribution in [0.25, 0.3) is 11.5 Å². The van der Waals surface area contributed by atoms with E-state index in [0.29, 0.717) is 31.5 Å². The molecule has 1 aromatic carbocycles. The highest BCUT2D eigenvalue weighted by Crippen LogP contribution is 2.26. The average molecular weight is 352 g/mol. The lowest BCUT2D eigenvalue weighted by Gasteiger charge is -2.03. The summed E-state index contributed by atoms with van der Waals surface area (Å²) in [5, 5.41) is 11.3. The monoisotopic (exact) mass is 351 g/mol. The van der Waals surface area contributed by atoms with Gasteiger partial charge in [0.1, 0.15) is 0 Å². The molecule has 0 atom stereocenters. The maximum atomic E-state index is 5.63. The SMILES string of the molecule is C=C(C)COCCNCc1nnc(-c2ccccc2Br)o1. The maximum Gasteiger partial charge on any atom is 0.248 e. The van der Waals surface area contributed by atoms with Crippen molar-refractivity contribution in [2.24, 2.45) is 0 Å². The lowest BCUT2D eigenvalue weighted by Crippen LogP contribution is -2.19. The number of halogens is 1. The van der Waals surface area contributed by atoms with Gasteiger partial charge in [0, 0.05) is 11.0 Å². The zero-order chi connectivity index (χ0) is 15.1. The van der Waals surface area contributed by atoms with E-state index in [1.807, 2.05) is 31.2 Å². The van der Waals surface area contributed by atoms with E-state index in [2.05, 4.69) is 38.0 Å². The van der Waals surface area contributed by atoms with Crippen LogP contribution in [0, 0.1) is 0 Å². The summed E-state index contributed by atoms with van der Waals surface area (Å²) in [7, 11) is 0. The van der Waals surface area contributed by atoms with Crippen LogP contribution in [0.1, 0.15) is 12.8 Å². The van der Waals surface area contributed by atoms with Crippen molar-refractivity contribution in [3.05, 3.63) is 46.8 Å². The summed E-state index contributed by atoms with van der Waals surface area (Å²) in [4.78, 5) is 0. The van der Waals surface area contributed by atoms with E-state index in [-0.39, 0.29) is 0 Å². The number of benzene rings is 1. The molecule has 112 valence electrons. The Morgan fingerprint density at radius 2 is 2.19 bits per heavy atom. The van der Waals surface area contributed by atoms with Gasteiger partial charge in [-0.1, -0.05) is 24.3 Å². The van der Waals surface area contributed by atoms with Gasteiger partial charge < -0.3 is 14.5 Å². The van der Waals surface area contributed by atoms with Crippen molar-refractivity contribution < 1.29 is 9.15 Å². The Bertz CT molecular complexity index is 598. The Morgan fingerprint density at radius 3 is 2.95 bits per heavy atom. The van der Waals surface area contributed by atoms with E-state index in [4.69, 9.17) is 9.15 Å². The molecule has 0 bridgehead atoms. The molecule has 1 heterocycles. The lowest BCUT2D eigenvalue weighted by molar-refractivity contribution is 0.157. The second kappa shape index (κ2) is 8.07. The molecular formula is C15H18BrN3O2. The fourth-order valence-electron chi connectivity index (χ4n) is 1.65. The highest BCUT2D eigenvalue weighted by Gasteiger charge is 2.10. The highest BCUT2D eigenvalue weighted by atomic mass is 79.9. The number of rotatable bonds is 8. The normalized spacial score (nSPS) is 10.8. The van der Waals surface area contributed by atoms with Crippen LogP contribution < -0.4 is 5.32 Å². The summed E-state index contributed by atoms with van der Waals surface area (Å²) in [5.74, 6) is 1.07. The quantitative estimate of drug-likeness (QED) is 0.584. The van der Waals surface area contributed by atoms with E-state index in [1.54, 1.807) is 0 Å². The van der Waals surface area contributed by atoms with Crippen molar-refractivity contribution in [2.45, 2.75) is 13.5 Å². The molecule has 21 heavy (non-hydrogen) atoms. The summed E-state index contributed by atoms with van der Waals surface area (Å²) >= 11 is 3.47. The first kappa shape index (κ1) is 15.9. The van der Waals surface area contributed by atoms with Crippen LogP contribution in [0.2, 0.25) is 0 Å². The molecule has 0 unspecified atom stereocenters. The third-order valence-corrected chi connectivity index (χ3v) is 3.31. The van der Waals surface area contributed by atoms with E-state index in [9.17, 15) is 0 Å². The van der Waals surface area contributed by atoms with E-state index >= 15 is 0 Å². The number of hydrogen-bond donors (Lipinski definition) is 1. The van der Waals surface area contributed by atoms with Crippen molar-refractivity contribution in [3.63, 3.8) is 0 Å². The minimum Gasteiger partial charge on any atom is -0.419 e. The van der Waals surface area contributed by atoms with Gasteiger partial charge in [0.2, 0.25) is 11.8 Å². The van der Waals surface area contributed by atoms with Crippen molar-refractivity contribution in [1.29, 1.82) is 0 Å². The molecule has 0 spiro atoms. The third-order valence-electron chi connectivity index (χ3n) is 2.62. The zero-order valence-corrected chi connectivity index (χ0v) is 13.5. The summed E-state index contributed by atoms with van der Waals surface area (Å²) in [6, 6.07) is 7.75. The first-order chi connectivity index (χ1) is 10.2.